The maximum Gasteiger partial charge on any atom is 0.0594 e. The third-order valence-electron chi connectivity index (χ3n) is 3.25. The SMILES string of the molecule is CCNC(CC1CCCO1)c1ccccc1Cl. The minimum absolute atomic E-state index is 0.303. The van der Waals surface area contributed by atoms with Crippen LogP contribution in [0.4, 0.5) is 0 Å². The van der Waals surface area contributed by atoms with E-state index in [0.29, 0.717) is 12.1 Å². The molecule has 1 aliphatic rings. The Morgan fingerprint density at radius 1 is 1.47 bits per heavy atom. The Morgan fingerprint density at radius 3 is 2.94 bits per heavy atom. The molecule has 1 fully saturated rings. The molecule has 0 aromatic heterocycles. The number of rotatable bonds is 5. The molecule has 1 saturated heterocycles. The summed E-state index contributed by atoms with van der Waals surface area (Å²) in [5.41, 5.74) is 1.19. The molecule has 17 heavy (non-hydrogen) atoms. The average molecular weight is 254 g/mol. The third kappa shape index (κ3) is 3.44. The van der Waals surface area contributed by atoms with Crippen molar-refractivity contribution >= 4 is 11.6 Å². The molecule has 1 aromatic carbocycles. The predicted molar refractivity (Wildman–Crippen MR) is 71.5 cm³/mol. The minimum atomic E-state index is 0.303. The van der Waals surface area contributed by atoms with E-state index in [1.807, 2.05) is 18.2 Å². The summed E-state index contributed by atoms with van der Waals surface area (Å²) in [6, 6.07) is 8.38. The van der Waals surface area contributed by atoms with Crippen LogP contribution in [0.25, 0.3) is 0 Å². The monoisotopic (exact) mass is 253 g/mol. The van der Waals surface area contributed by atoms with Gasteiger partial charge in [0, 0.05) is 17.7 Å². The summed E-state index contributed by atoms with van der Waals surface area (Å²) in [6.45, 7) is 3.98. The molecule has 0 bridgehead atoms. The number of benzene rings is 1. The molecule has 2 atom stereocenters. The molecule has 1 N–H and O–H groups in total. The fourth-order valence-electron chi connectivity index (χ4n) is 2.42. The van der Waals surface area contributed by atoms with Crippen LogP contribution in [-0.2, 0) is 4.74 Å². The number of ether oxygens (including phenoxy) is 1. The lowest BCUT2D eigenvalue weighted by molar-refractivity contribution is 0.0948. The Morgan fingerprint density at radius 2 is 2.29 bits per heavy atom. The van der Waals surface area contributed by atoms with Crippen molar-refractivity contribution in [1.82, 2.24) is 5.32 Å². The quantitative estimate of drug-likeness (QED) is 0.866. The summed E-state index contributed by atoms with van der Waals surface area (Å²) >= 11 is 6.26. The van der Waals surface area contributed by atoms with Gasteiger partial charge in [-0.05, 0) is 37.4 Å². The maximum absolute atomic E-state index is 6.26. The molecule has 94 valence electrons. The fraction of sp³-hybridized carbons (Fsp3) is 0.571. The van der Waals surface area contributed by atoms with Gasteiger partial charge in [0.15, 0.2) is 0 Å². The summed E-state index contributed by atoms with van der Waals surface area (Å²) < 4.78 is 5.71. The van der Waals surface area contributed by atoms with Crippen LogP contribution in [0, 0.1) is 0 Å². The third-order valence-corrected chi connectivity index (χ3v) is 3.60. The Hall–Kier alpha value is -0.570. The molecule has 0 saturated carbocycles. The number of hydrogen-bond acceptors (Lipinski definition) is 2. The fourth-order valence-corrected chi connectivity index (χ4v) is 2.68. The molecule has 3 heteroatoms. The molecule has 0 radical (unpaired) electrons. The van der Waals surface area contributed by atoms with Gasteiger partial charge < -0.3 is 10.1 Å². The van der Waals surface area contributed by atoms with Crippen molar-refractivity contribution in [1.29, 1.82) is 0 Å². The van der Waals surface area contributed by atoms with Gasteiger partial charge in [-0.2, -0.15) is 0 Å². The normalized spacial score (nSPS) is 21.6. The number of nitrogens with one attached hydrogen (secondary N) is 1. The zero-order chi connectivity index (χ0) is 12.1. The molecular formula is C14H20ClNO. The molecular weight excluding hydrogens is 234 g/mol. The first-order chi connectivity index (χ1) is 8.31. The van der Waals surface area contributed by atoms with Gasteiger partial charge in [-0.3, -0.25) is 0 Å². The van der Waals surface area contributed by atoms with Crippen molar-refractivity contribution in [3.8, 4) is 0 Å². The number of hydrogen-bond donors (Lipinski definition) is 1. The van der Waals surface area contributed by atoms with Gasteiger partial charge in [0.2, 0.25) is 0 Å². The van der Waals surface area contributed by atoms with Crippen LogP contribution in [0.2, 0.25) is 5.02 Å². The van der Waals surface area contributed by atoms with Crippen molar-refractivity contribution in [2.24, 2.45) is 0 Å². The predicted octanol–water partition coefficient (Wildman–Crippen LogP) is 3.56. The zero-order valence-electron chi connectivity index (χ0n) is 10.3. The Labute approximate surface area is 108 Å². The topological polar surface area (TPSA) is 21.3 Å². The summed E-state index contributed by atoms with van der Waals surface area (Å²) in [6.07, 6.45) is 3.76. The molecule has 2 unspecified atom stereocenters. The van der Waals surface area contributed by atoms with Crippen molar-refractivity contribution in [2.45, 2.75) is 38.3 Å². The summed E-state index contributed by atoms with van der Waals surface area (Å²) in [5, 5.41) is 4.35. The van der Waals surface area contributed by atoms with Crippen molar-refractivity contribution in [3.05, 3.63) is 34.9 Å². The van der Waals surface area contributed by atoms with Gasteiger partial charge in [0.25, 0.3) is 0 Å². The van der Waals surface area contributed by atoms with Crippen LogP contribution in [0.15, 0.2) is 24.3 Å². The smallest absolute Gasteiger partial charge is 0.0594 e. The van der Waals surface area contributed by atoms with E-state index in [9.17, 15) is 0 Å². The maximum atomic E-state index is 6.26. The number of halogens is 1. The molecule has 1 heterocycles. The van der Waals surface area contributed by atoms with E-state index in [4.69, 9.17) is 16.3 Å². The summed E-state index contributed by atoms with van der Waals surface area (Å²) in [7, 11) is 0. The van der Waals surface area contributed by atoms with Crippen LogP contribution < -0.4 is 5.32 Å². The van der Waals surface area contributed by atoms with Crippen molar-refractivity contribution in [3.63, 3.8) is 0 Å². The molecule has 1 aromatic rings. The van der Waals surface area contributed by atoms with Gasteiger partial charge in [0.1, 0.15) is 0 Å². The summed E-state index contributed by atoms with van der Waals surface area (Å²) in [4.78, 5) is 0. The van der Waals surface area contributed by atoms with Gasteiger partial charge >= 0.3 is 0 Å². The van der Waals surface area contributed by atoms with Crippen molar-refractivity contribution in [2.75, 3.05) is 13.2 Å². The van der Waals surface area contributed by atoms with E-state index >= 15 is 0 Å². The molecule has 2 nitrogen and oxygen atoms in total. The highest BCUT2D eigenvalue weighted by Crippen LogP contribution is 2.29. The first-order valence-corrected chi connectivity index (χ1v) is 6.78. The lowest BCUT2D eigenvalue weighted by Crippen LogP contribution is -2.25. The van der Waals surface area contributed by atoms with Crippen LogP contribution in [-0.4, -0.2) is 19.3 Å². The van der Waals surface area contributed by atoms with E-state index in [-0.39, 0.29) is 0 Å². The Kier molecular flexibility index (Phi) is 4.84. The van der Waals surface area contributed by atoms with Gasteiger partial charge in [-0.15, -0.1) is 0 Å². The summed E-state index contributed by atoms with van der Waals surface area (Å²) in [5.74, 6) is 0. The van der Waals surface area contributed by atoms with Gasteiger partial charge in [0.05, 0.1) is 6.10 Å². The second kappa shape index (κ2) is 6.39. The lowest BCUT2D eigenvalue weighted by Gasteiger charge is -2.22. The molecule has 0 aliphatic carbocycles. The minimum Gasteiger partial charge on any atom is -0.378 e. The van der Waals surface area contributed by atoms with E-state index in [1.54, 1.807) is 0 Å². The van der Waals surface area contributed by atoms with Crippen LogP contribution in [0.3, 0.4) is 0 Å². The molecule has 0 spiro atoms. The standard InChI is InChI=1S/C14H20ClNO/c1-2-16-14(10-11-6-5-9-17-11)12-7-3-4-8-13(12)15/h3-4,7-8,11,14,16H,2,5-6,9-10H2,1H3. The van der Waals surface area contributed by atoms with Crippen LogP contribution >= 0.6 is 11.6 Å². The Balaban J connectivity index is 2.08. The first kappa shape index (κ1) is 12.9. The van der Waals surface area contributed by atoms with E-state index in [0.717, 1.165) is 24.6 Å². The highest BCUT2D eigenvalue weighted by Gasteiger charge is 2.22. The van der Waals surface area contributed by atoms with E-state index < -0.39 is 0 Å². The molecule has 1 aliphatic heterocycles. The van der Waals surface area contributed by atoms with Gasteiger partial charge in [-0.1, -0.05) is 36.7 Å². The second-order valence-electron chi connectivity index (χ2n) is 4.50. The van der Waals surface area contributed by atoms with Crippen LogP contribution in [0.5, 0.6) is 0 Å². The van der Waals surface area contributed by atoms with Gasteiger partial charge in [-0.25, -0.2) is 0 Å². The Bertz CT molecular complexity index is 350. The largest absolute Gasteiger partial charge is 0.378 e. The second-order valence-corrected chi connectivity index (χ2v) is 4.91. The van der Waals surface area contributed by atoms with Crippen LogP contribution in [0.1, 0.15) is 37.8 Å². The average Bonchev–Trinajstić information content (AvgIpc) is 2.82. The molecule has 0 amide bonds. The molecule has 2 rings (SSSR count). The zero-order valence-corrected chi connectivity index (χ0v) is 11.0. The highest BCUT2D eigenvalue weighted by molar-refractivity contribution is 6.31. The highest BCUT2D eigenvalue weighted by atomic mass is 35.5. The first-order valence-electron chi connectivity index (χ1n) is 6.40. The van der Waals surface area contributed by atoms with Crippen molar-refractivity contribution < 1.29 is 4.74 Å². The van der Waals surface area contributed by atoms with E-state index in [1.165, 1.54) is 18.4 Å². The van der Waals surface area contributed by atoms with E-state index in [2.05, 4.69) is 18.3 Å². The lowest BCUT2D eigenvalue weighted by atomic mass is 9.99.